The number of ether oxygens (including phenoxy) is 2. The predicted octanol–water partition coefficient (Wildman–Crippen LogP) is 1.41. The fraction of sp³-hybridized carbons (Fsp3) is 0.571. The lowest BCUT2D eigenvalue weighted by Gasteiger charge is -2.49. The van der Waals surface area contributed by atoms with E-state index in [4.69, 9.17) is 15.2 Å². The number of nitrogens with zero attached hydrogens (tertiary/aromatic N) is 1. The van der Waals surface area contributed by atoms with Gasteiger partial charge in [-0.3, -0.25) is 0 Å². The van der Waals surface area contributed by atoms with Crippen molar-refractivity contribution in [2.24, 2.45) is 11.1 Å². The first-order valence-corrected chi connectivity index (χ1v) is 6.32. The summed E-state index contributed by atoms with van der Waals surface area (Å²) < 4.78 is 24.3. The standard InChI is InChI=1S/C14H21FN2O2/c1-17(2)13(14(7-16)8-19-9-14)11-6-10(15)4-5-12(11)18-3/h4-6,13H,7-9,16H2,1-3H3. The zero-order chi connectivity index (χ0) is 14.0. The molecule has 1 aliphatic rings. The molecule has 1 saturated heterocycles. The molecule has 0 spiro atoms. The first-order valence-electron chi connectivity index (χ1n) is 6.32. The SMILES string of the molecule is COc1ccc(F)cc1C(N(C)C)C1(CN)COC1. The van der Waals surface area contributed by atoms with Gasteiger partial charge in [-0.1, -0.05) is 0 Å². The van der Waals surface area contributed by atoms with Gasteiger partial charge >= 0.3 is 0 Å². The molecule has 0 aliphatic carbocycles. The van der Waals surface area contributed by atoms with Crippen molar-refractivity contribution in [3.63, 3.8) is 0 Å². The minimum absolute atomic E-state index is 0.0306. The highest BCUT2D eigenvalue weighted by Crippen LogP contribution is 2.45. The third-order valence-electron chi connectivity index (χ3n) is 3.77. The second-order valence-electron chi connectivity index (χ2n) is 5.31. The zero-order valence-electron chi connectivity index (χ0n) is 11.6. The summed E-state index contributed by atoms with van der Waals surface area (Å²) in [6.45, 7) is 1.67. The third-order valence-corrected chi connectivity index (χ3v) is 3.77. The summed E-state index contributed by atoms with van der Waals surface area (Å²) in [5.41, 5.74) is 6.58. The molecule has 0 bridgehead atoms. The molecule has 1 aromatic carbocycles. The van der Waals surface area contributed by atoms with Crippen molar-refractivity contribution in [2.75, 3.05) is 41.0 Å². The largest absolute Gasteiger partial charge is 0.496 e. The van der Waals surface area contributed by atoms with Crippen LogP contribution in [0.3, 0.4) is 0 Å². The predicted molar refractivity (Wildman–Crippen MR) is 71.7 cm³/mol. The number of hydrogen-bond acceptors (Lipinski definition) is 4. The summed E-state index contributed by atoms with van der Waals surface area (Å²) in [5.74, 6) is 0.412. The Kier molecular flexibility index (Phi) is 4.08. The van der Waals surface area contributed by atoms with Gasteiger partial charge in [0.2, 0.25) is 0 Å². The van der Waals surface area contributed by atoms with E-state index < -0.39 is 0 Å². The van der Waals surface area contributed by atoms with E-state index in [1.54, 1.807) is 13.2 Å². The first kappa shape index (κ1) is 14.2. The number of hydrogen-bond donors (Lipinski definition) is 1. The van der Waals surface area contributed by atoms with Crippen molar-refractivity contribution in [1.82, 2.24) is 4.90 Å². The Balaban J connectivity index is 2.47. The molecule has 0 saturated carbocycles. The molecule has 1 atom stereocenters. The van der Waals surface area contributed by atoms with E-state index in [0.29, 0.717) is 25.5 Å². The maximum atomic E-state index is 13.6. The Labute approximate surface area is 113 Å². The highest BCUT2D eigenvalue weighted by molar-refractivity contribution is 5.38. The second-order valence-corrected chi connectivity index (χ2v) is 5.31. The van der Waals surface area contributed by atoms with Crippen molar-refractivity contribution < 1.29 is 13.9 Å². The smallest absolute Gasteiger partial charge is 0.123 e. The van der Waals surface area contributed by atoms with Crippen molar-refractivity contribution in [2.45, 2.75) is 6.04 Å². The maximum Gasteiger partial charge on any atom is 0.123 e. The van der Waals surface area contributed by atoms with E-state index in [2.05, 4.69) is 0 Å². The van der Waals surface area contributed by atoms with Crippen LogP contribution < -0.4 is 10.5 Å². The van der Waals surface area contributed by atoms with Crippen LogP contribution in [0, 0.1) is 11.2 Å². The van der Waals surface area contributed by atoms with Gasteiger partial charge in [0.25, 0.3) is 0 Å². The molecule has 0 aromatic heterocycles. The van der Waals surface area contributed by atoms with E-state index in [1.165, 1.54) is 12.1 Å². The van der Waals surface area contributed by atoms with Crippen LogP contribution in [0.5, 0.6) is 5.75 Å². The fourth-order valence-corrected chi connectivity index (χ4v) is 2.83. The van der Waals surface area contributed by atoms with Gasteiger partial charge in [0.15, 0.2) is 0 Å². The van der Waals surface area contributed by atoms with Gasteiger partial charge in [-0.15, -0.1) is 0 Å². The van der Waals surface area contributed by atoms with Crippen LogP contribution in [-0.2, 0) is 4.74 Å². The Bertz CT molecular complexity index is 442. The molecular formula is C14H21FN2O2. The van der Waals surface area contributed by atoms with Crippen LogP contribution in [0.15, 0.2) is 18.2 Å². The van der Waals surface area contributed by atoms with E-state index in [9.17, 15) is 4.39 Å². The molecule has 0 radical (unpaired) electrons. The van der Waals surface area contributed by atoms with Gasteiger partial charge in [0, 0.05) is 23.6 Å². The number of benzene rings is 1. The topological polar surface area (TPSA) is 47.7 Å². The van der Waals surface area contributed by atoms with Crippen LogP contribution in [0.25, 0.3) is 0 Å². The molecule has 1 fully saturated rings. The van der Waals surface area contributed by atoms with Crippen molar-refractivity contribution >= 4 is 0 Å². The van der Waals surface area contributed by atoms with E-state index in [0.717, 1.165) is 5.56 Å². The van der Waals surface area contributed by atoms with E-state index in [1.807, 2.05) is 19.0 Å². The molecular weight excluding hydrogens is 247 g/mol. The summed E-state index contributed by atoms with van der Waals surface area (Å²) in [6, 6.07) is 4.56. The van der Waals surface area contributed by atoms with Crippen LogP contribution in [0.1, 0.15) is 11.6 Å². The Morgan fingerprint density at radius 2 is 2.16 bits per heavy atom. The quantitative estimate of drug-likeness (QED) is 0.877. The zero-order valence-corrected chi connectivity index (χ0v) is 11.6. The number of nitrogens with two attached hydrogens (primary N) is 1. The van der Waals surface area contributed by atoms with Gasteiger partial charge in [-0.25, -0.2) is 4.39 Å². The molecule has 2 N–H and O–H groups in total. The molecule has 0 amide bonds. The van der Waals surface area contributed by atoms with Gasteiger partial charge in [0.05, 0.1) is 20.3 Å². The van der Waals surface area contributed by atoms with Crippen molar-refractivity contribution in [1.29, 1.82) is 0 Å². The van der Waals surface area contributed by atoms with Crippen molar-refractivity contribution in [3.05, 3.63) is 29.6 Å². The lowest BCUT2D eigenvalue weighted by Crippen LogP contribution is -2.55. The molecule has 1 aromatic rings. The molecule has 5 heteroatoms. The first-order chi connectivity index (χ1) is 9.04. The lowest BCUT2D eigenvalue weighted by atomic mass is 9.74. The summed E-state index contributed by atoms with van der Waals surface area (Å²) in [6.07, 6.45) is 0. The molecule has 1 heterocycles. The summed E-state index contributed by atoms with van der Waals surface area (Å²) in [5, 5.41) is 0. The minimum atomic E-state index is -0.268. The average Bonchev–Trinajstić information content (AvgIpc) is 2.33. The maximum absolute atomic E-state index is 13.6. The summed E-state index contributed by atoms with van der Waals surface area (Å²) >= 11 is 0. The molecule has 2 rings (SSSR count). The highest BCUT2D eigenvalue weighted by Gasteiger charge is 2.47. The number of methoxy groups -OCH3 is 1. The molecule has 19 heavy (non-hydrogen) atoms. The van der Waals surface area contributed by atoms with E-state index >= 15 is 0 Å². The minimum Gasteiger partial charge on any atom is -0.496 e. The van der Waals surface area contributed by atoms with E-state index in [-0.39, 0.29) is 17.3 Å². The van der Waals surface area contributed by atoms with Gasteiger partial charge in [0.1, 0.15) is 11.6 Å². The molecule has 106 valence electrons. The molecule has 4 nitrogen and oxygen atoms in total. The fourth-order valence-electron chi connectivity index (χ4n) is 2.83. The average molecular weight is 268 g/mol. The van der Waals surface area contributed by atoms with Gasteiger partial charge in [-0.05, 0) is 32.3 Å². The molecule has 1 unspecified atom stereocenters. The van der Waals surface area contributed by atoms with Crippen LogP contribution in [0.2, 0.25) is 0 Å². The normalized spacial score (nSPS) is 19.1. The Hall–Kier alpha value is -1.17. The van der Waals surface area contributed by atoms with Crippen molar-refractivity contribution in [3.8, 4) is 5.75 Å². The monoisotopic (exact) mass is 268 g/mol. The highest BCUT2D eigenvalue weighted by atomic mass is 19.1. The van der Waals surface area contributed by atoms with Crippen LogP contribution in [0.4, 0.5) is 4.39 Å². The summed E-state index contributed by atoms with van der Waals surface area (Å²) in [7, 11) is 5.52. The Morgan fingerprint density at radius 3 is 2.58 bits per heavy atom. The number of halogens is 1. The second kappa shape index (κ2) is 5.45. The summed E-state index contributed by atoms with van der Waals surface area (Å²) in [4.78, 5) is 2.05. The van der Waals surface area contributed by atoms with Gasteiger partial charge in [-0.2, -0.15) is 0 Å². The van der Waals surface area contributed by atoms with Gasteiger partial charge < -0.3 is 20.1 Å². The third kappa shape index (κ3) is 2.45. The van der Waals surface area contributed by atoms with Crippen LogP contribution in [-0.4, -0.2) is 45.9 Å². The lowest BCUT2D eigenvalue weighted by molar-refractivity contribution is -0.145. The van der Waals surface area contributed by atoms with Crippen LogP contribution >= 0.6 is 0 Å². The molecule has 1 aliphatic heterocycles. The Morgan fingerprint density at radius 1 is 1.47 bits per heavy atom. The number of rotatable bonds is 5.